The average Bonchev–Trinajstić information content (AvgIpc) is 2.31. The van der Waals surface area contributed by atoms with Crippen LogP contribution in [0.4, 0.5) is 5.69 Å². The molecule has 1 N–H and O–H groups in total. The lowest BCUT2D eigenvalue weighted by molar-refractivity contribution is -0.119. The van der Waals surface area contributed by atoms with Crippen molar-refractivity contribution in [1.82, 2.24) is 5.32 Å². The van der Waals surface area contributed by atoms with Crippen molar-refractivity contribution in [2.75, 3.05) is 17.3 Å². The molecule has 4 heteroatoms. The Bertz CT molecular complexity index is 329. The van der Waals surface area contributed by atoms with Gasteiger partial charge in [0.25, 0.3) is 0 Å². The third kappa shape index (κ3) is 3.42. The van der Waals surface area contributed by atoms with Gasteiger partial charge < -0.3 is 10.2 Å². The Balaban J connectivity index is 2.71. The maximum atomic E-state index is 11.2. The van der Waals surface area contributed by atoms with Gasteiger partial charge in [-0.3, -0.25) is 4.79 Å². The second kappa shape index (κ2) is 6.38. The number of rotatable bonds is 5. The van der Waals surface area contributed by atoms with Gasteiger partial charge in [0.05, 0.1) is 6.17 Å². The number of nitrogens with zero attached hydrogens (tertiary/aromatic N) is 1. The van der Waals surface area contributed by atoms with Crippen molar-refractivity contribution in [2.24, 2.45) is 0 Å². The highest BCUT2D eigenvalue weighted by molar-refractivity contribution is 6.27. The van der Waals surface area contributed by atoms with Crippen LogP contribution in [0.15, 0.2) is 30.3 Å². The van der Waals surface area contributed by atoms with E-state index in [9.17, 15) is 4.79 Å². The van der Waals surface area contributed by atoms with Gasteiger partial charge in [-0.15, -0.1) is 11.6 Å². The minimum absolute atomic E-state index is 0.00329. The Kier molecular flexibility index (Phi) is 5.12. The van der Waals surface area contributed by atoms with Crippen LogP contribution in [0.1, 0.15) is 13.8 Å². The molecule has 0 spiro atoms. The second-order valence-corrected chi connectivity index (χ2v) is 3.77. The zero-order valence-electron chi connectivity index (χ0n) is 9.61. The summed E-state index contributed by atoms with van der Waals surface area (Å²) in [6.07, 6.45) is -0.0568. The molecule has 1 rings (SSSR count). The van der Waals surface area contributed by atoms with Crippen molar-refractivity contribution in [3.8, 4) is 0 Å². The summed E-state index contributed by atoms with van der Waals surface area (Å²) < 4.78 is 0. The molecule has 0 saturated carbocycles. The first-order valence-corrected chi connectivity index (χ1v) is 5.89. The van der Waals surface area contributed by atoms with E-state index in [-0.39, 0.29) is 18.0 Å². The molecular weight excluding hydrogens is 224 g/mol. The lowest BCUT2D eigenvalue weighted by Gasteiger charge is -2.30. The number of carbonyl (C=O) groups excluding carboxylic acids is 1. The Hall–Kier alpha value is -1.22. The van der Waals surface area contributed by atoms with Gasteiger partial charge in [0, 0.05) is 12.2 Å². The molecule has 0 fully saturated rings. The smallest absolute Gasteiger partial charge is 0.236 e. The average molecular weight is 241 g/mol. The molecule has 0 saturated heterocycles. The number of halogens is 1. The van der Waals surface area contributed by atoms with Gasteiger partial charge in [0.1, 0.15) is 5.88 Å². The number of carbonyl (C=O) groups is 1. The monoisotopic (exact) mass is 240 g/mol. The van der Waals surface area contributed by atoms with E-state index in [1.54, 1.807) is 0 Å². The fourth-order valence-corrected chi connectivity index (χ4v) is 1.73. The summed E-state index contributed by atoms with van der Waals surface area (Å²) in [7, 11) is 0. The molecule has 1 aromatic carbocycles. The van der Waals surface area contributed by atoms with E-state index in [1.165, 1.54) is 0 Å². The van der Waals surface area contributed by atoms with Gasteiger partial charge in [-0.05, 0) is 26.0 Å². The number of benzene rings is 1. The van der Waals surface area contributed by atoms with Crippen molar-refractivity contribution in [2.45, 2.75) is 20.0 Å². The number of hydrogen-bond acceptors (Lipinski definition) is 2. The molecular formula is C12H17ClN2O. The van der Waals surface area contributed by atoms with Gasteiger partial charge in [-0.2, -0.15) is 0 Å². The standard InChI is InChI=1S/C12H17ClN2O/c1-3-15(10(2)14-12(16)9-13)11-7-5-4-6-8-11/h4-8,10H,3,9H2,1-2H3,(H,14,16). The normalized spacial score (nSPS) is 11.9. The maximum Gasteiger partial charge on any atom is 0.236 e. The van der Waals surface area contributed by atoms with Crippen LogP contribution in [0.2, 0.25) is 0 Å². The zero-order valence-corrected chi connectivity index (χ0v) is 10.4. The number of para-hydroxylation sites is 1. The highest BCUT2D eigenvalue weighted by Gasteiger charge is 2.13. The van der Waals surface area contributed by atoms with Gasteiger partial charge in [0.2, 0.25) is 5.91 Å². The van der Waals surface area contributed by atoms with Crippen LogP contribution >= 0.6 is 11.6 Å². The van der Waals surface area contributed by atoms with E-state index in [0.717, 1.165) is 12.2 Å². The molecule has 0 radical (unpaired) electrons. The lowest BCUT2D eigenvalue weighted by Crippen LogP contribution is -2.46. The molecule has 0 aromatic heterocycles. The quantitative estimate of drug-likeness (QED) is 0.632. The minimum Gasteiger partial charge on any atom is -0.352 e. The third-order valence-corrected chi connectivity index (χ3v) is 2.63. The van der Waals surface area contributed by atoms with Crippen molar-refractivity contribution < 1.29 is 4.79 Å². The highest BCUT2D eigenvalue weighted by atomic mass is 35.5. The molecule has 0 heterocycles. The van der Waals surface area contributed by atoms with Gasteiger partial charge in [-0.1, -0.05) is 18.2 Å². The van der Waals surface area contributed by atoms with Crippen LogP contribution in [0.3, 0.4) is 0 Å². The first-order chi connectivity index (χ1) is 7.69. The minimum atomic E-state index is -0.149. The SMILES string of the molecule is CCN(c1ccccc1)C(C)NC(=O)CCl. The van der Waals surface area contributed by atoms with Crippen LogP contribution in [0.5, 0.6) is 0 Å². The zero-order chi connectivity index (χ0) is 12.0. The Labute approximate surface area is 101 Å². The van der Waals surface area contributed by atoms with E-state index in [2.05, 4.69) is 17.1 Å². The molecule has 16 heavy (non-hydrogen) atoms. The highest BCUT2D eigenvalue weighted by Crippen LogP contribution is 2.14. The van der Waals surface area contributed by atoms with Crippen molar-refractivity contribution in [3.63, 3.8) is 0 Å². The summed E-state index contributed by atoms with van der Waals surface area (Å²) in [6, 6.07) is 9.97. The number of nitrogens with one attached hydrogen (secondary N) is 1. The van der Waals surface area contributed by atoms with Crippen LogP contribution in [-0.4, -0.2) is 24.5 Å². The maximum absolute atomic E-state index is 11.2. The Morgan fingerprint density at radius 1 is 1.44 bits per heavy atom. The van der Waals surface area contributed by atoms with Crippen molar-refractivity contribution >= 4 is 23.2 Å². The molecule has 1 amide bonds. The van der Waals surface area contributed by atoms with E-state index >= 15 is 0 Å². The molecule has 0 aliphatic heterocycles. The number of hydrogen-bond donors (Lipinski definition) is 1. The fraction of sp³-hybridized carbons (Fsp3) is 0.417. The Morgan fingerprint density at radius 3 is 2.56 bits per heavy atom. The van der Waals surface area contributed by atoms with Gasteiger partial charge in [-0.25, -0.2) is 0 Å². The molecule has 3 nitrogen and oxygen atoms in total. The van der Waals surface area contributed by atoms with Crippen LogP contribution in [0.25, 0.3) is 0 Å². The number of alkyl halides is 1. The molecule has 88 valence electrons. The van der Waals surface area contributed by atoms with Crippen molar-refractivity contribution in [3.05, 3.63) is 30.3 Å². The summed E-state index contributed by atoms with van der Waals surface area (Å²) in [5, 5.41) is 2.83. The summed E-state index contributed by atoms with van der Waals surface area (Å²) in [6.45, 7) is 4.82. The summed E-state index contributed by atoms with van der Waals surface area (Å²) in [5.74, 6) is -0.153. The van der Waals surface area contributed by atoms with E-state index in [1.807, 2.05) is 37.3 Å². The van der Waals surface area contributed by atoms with Gasteiger partial charge >= 0.3 is 0 Å². The fourth-order valence-electron chi connectivity index (χ4n) is 1.65. The van der Waals surface area contributed by atoms with Crippen LogP contribution in [0, 0.1) is 0 Å². The van der Waals surface area contributed by atoms with E-state index in [4.69, 9.17) is 11.6 Å². The molecule has 0 aliphatic rings. The predicted molar refractivity (Wildman–Crippen MR) is 67.8 cm³/mol. The number of anilines is 1. The second-order valence-electron chi connectivity index (χ2n) is 3.50. The van der Waals surface area contributed by atoms with Gasteiger partial charge in [0.15, 0.2) is 0 Å². The first-order valence-electron chi connectivity index (χ1n) is 5.36. The van der Waals surface area contributed by atoms with Crippen LogP contribution in [-0.2, 0) is 4.79 Å². The number of amides is 1. The molecule has 1 atom stereocenters. The Morgan fingerprint density at radius 2 is 2.06 bits per heavy atom. The lowest BCUT2D eigenvalue weighted by atomic mass is 10.2. The largest absolute Gasteiger partial charge is 0.352 e. The summed E-state index contributed by atoms with van der Waals surface area (Å²) in [4.78, 5) is 13.3. The molecule has 1 unspecified atom stereocenters. The van der Waals surface area contributed by atoms with E-state index in [0.29, 0.717) is 0 Å². The molecule has 0 bridgehead atoms. The molecule has 1 aromatic rings. The van der Waals surface area contributed by atoms with Crippen molar-refractivity contribution in [1.29, 1.82) is 0 Å². The summed E-state index contributed by atoms with van der Waals surface area (Å²) >= 11 is 5.46. The topological polar surface area (TPSA) is 32.3 Å². The summed E-state index contributed by atoms with van der Waals surface area (Å²) in [5.41, 5.74) is 1.09. The van der Waals surface area contributed by atoms with E-state index < -0.39 is 0 Å². The third-order valence-electron chi connectivity index (χ3n) is 2.39. The molecule has 0 aliphatic carbocycles. The predicted octanol–water partition coefficient (Wildman–Crippen LogP) is 2.21. The first kappa shape index (κ1) is 12.8. The van der Waals surface area contributed by atoms with Crippen LogP contribution < -0.4 is 10.2 Å².